The molecule has 0 amide bonds. The second kappa shape index (κ2) is 10.4. The van der Waals surface area contributed by atoms with Crippen LogP contribution in [0.15, 0.2) is 66.7 Å². The third kappa shape index (κ3) is 5.85. The van der Waals surface area contributed by atoms with Crippen LogP contribution in [-0.4, -0.2) is 23.5 Å². The summed E-state index contributed by atoms with van der Waals surface area (Å²) in [7, 11) is 0. The molecule has 166 valence electrons. The van der Waals surface area contributed by atoms with Crippen LogP contribution in [0, 0.1) is 11.2 Å². The molecular formula is C25H26FN3O3. The summed E-state index contributed by atoms with van der Waals surface area (Å²) in [6, 6.07) is 17.4. The number of carboxylic acids is 1. The van der Waals surface area contributed by atoms with Gasteiger partial charge in [-0.15, -0.1) is 0 Å². The predicted octanol–water partition coefficient (Wildman–Crippen LogP) is 4.53. The van der Waals surface area contributed by atoms with E-state index in [2.05, 4.69) is 5.32 Å². The molecule has 0 aliphatic rings. The summed E-state index contributed by atoms with van der Waals surface area (Å²) in [5, 5.41) is 20.5. The zero-order chi connectivity index (χ0) is 23.1. The number of aliphatic carboxylic acids is 1. The van der Waals surface area contributed by atoms with Gasteiger partial charge >= 0.3 is 5.97 Å². The van der Waals surface area contributed by atoms with Crippen molar-refractivity contribution in [3.63, 3.8) is 0 Å². The van der Waals surface area contributed by atoms with Crippen molar-refractivity contribution in [1.82, 2.24) is 0 Å². The molecular weight excluding hydrogens is 409 g/mol. The number of rotatable bonds is 10. The molecule has 0 saturated heterocycles. The highest BCUT2D eigenvalue weighted by Gasteiger charge is 2.24. The first-order valence-corrected chi connectivity index (χ1v) is 10.3. The molecule has 3 aromatic rings. The van der Waals surface area contributed by atoms with Gasteiger partial charge in [0, 0.05) is 23.2 Å². The van der Waals surface area contributed by atoms with E-state index in [-0.39, 0.29) is 18.3 Å². The van der Waals surface area contributed by atoms with Crippen molar-refractivity contribution in [3.05, 3.63) is 94.8 Å². The molecule has 1 atom stereocenters. The molecule has 7 heteroatoms. The molecule has 3 rings (SSSR count). The zero-order valence-corrected chi connectivity index (χ0v) is 17.8. The summed E-state index contributed by atoms with van der Waals surface area (Å²) >= 11 is 0. The van der Waals surface area contributed by atoms with Crippen molar-refractivity contribution in [2.45, 2.75) is 25.8 Å². The van der Waals surface area contributed by atoms with Crippen LogP contribution in [0.25, 0.3) is 0 Å². The van der Waals surface area contributed by atoms with Gasteiger partial charge in [0.25, 0.3) is 0 Å². The van der Waals surface area contributed by atoms with Gasteiger partial charge in [0.05, 0.1) is 6.61 Å². The minimum atomic E-state index is -1.05. The summed E-state index contributed by atoms with van der Waals surface area (Å²) in [4.78, 5) is 12.2. The van der Waals surface area contributed by atoms with E-state index >= 15 is 0 Å². The Morgan fingerprint density at radius 2 is 1.88 bits per heavy atom. The van der Waals surface area contributed by atoms with E-state index in [1.165, 1.54) is 12.1 Å². The monoisotopic (exact) mass is 435 g/mol. The van der Waals surface area contributed by atoms with E-state index in [9.17, 15) is 14.3 Å². The highest BCUT2D eigenvalue weighted by Crippen LogP contribution is 2.30. The number of nitrogen functional groups attached to an aromatic ring is 1. The molecule has 0 aliphatic heterocycles. The highest BCUT2D eigenvalue weighted by molar-refractivity contribution is 5.95. The predicted molar refractivity (Wildman–Crippen MR) is 123 cm³/mol. The van der Waals surface area contributed by atoms with Crippen molar-refractivity contribution < 1.29 is 19.0 Å². The first-order chi connectivity index (χ1) is 15.4. The lowest BCUT2D eigenvalue weighted by atomic mass is 10.0. The molecule has 0 aromatic heterocycles. The minimum Gasteiger partial charge on any atom is -0.493 e. The Kier molecular flexibility index (Phi) is 7.44. The molecule has 32 heavy (non-hydrogen) atoms. The zero-order valence-electron chi connectivity index (χ0n) is 17.8. The van der Waals surface area contributed by atoms with E-state index in [1.807, 2.05) is 25.1 Å². The molecule has 0 radical (unpaired) electrons. The summed E-state index contributed by atoms with van der Waals surface area (Å²) in [5.41, 5.74) is 8.91. The molecule has 1 unspecified atom stereocenters. The third-order valence-corrected chi connectivity index (χ3v) is 5.08. The Labute approximate surface area is 186 Å². The Hall–Kier alpha value is -3.87. The molecule has 0 heterocycles. The summed E-state index contributed by atoms with van der Waals surface area (Å²) in [5.74, 6) is -0.958. The van der Waals surface area contributed by atoms with Crippen molar-refractivity contribution in [2.24, 2.45) is 5.73 Å². The van der Waals surface area contributed by atoms with Crippen LogP contribution >= 0.6 is 0 Å². The van der Waals surface area contributed by atoms with Crippen LogP contribution in [-0.2, 0) is 17.6 Å². The van der Waals surface area contributed by atoms with Gasteiger partial charge in [-0.1, -0.05) is 25.1 Å². The smallest absolute Gasteiger partial charge is 0.330 e. The van der Waals surface area contributed by atoms with Gasteiger partial charge < -0.3 is 20.9 Å². The largest absolute Gasteiger partial charge is 0.493 e. The Morgan fingerprint density at radius 3 is 2.50 bits per heavy atom. The minimum absolute atomic E-state index is 0.0593. The number of nitrogens with two attached hydrogens (primary N) is 1. The second-order valence-electron chi connectivity index (χ2n) is 7.36. The molecule has 5 N–H and O–H groups in total. The Balaban J connectivity index is 1.83. The number of ether oxygens (including phenoxy) is 1. The van der Waals surface area contributed by atoms with Crippen molar-refractivity contribution in [1.29, 1.82) is 5.41 Å². The normalized spacial score (nSPS) is 11.6. The lowest BCUT2D eigenvalue weighted by molar-refractivity contribution is -0.138. The van der Waals surface area contributed by atoms with E-state index in [1.54, 1.807) is 36.4 Å². The van der Waals surface area contributed by atoms with Gasteiger partial charge in [-0.25, -0.2) is 9.18 Å². The molecule has 3 aromatic carbocycles. The average molecular weight is 435 g/mol. The SMILES string of the molecule is CCc1ccc(OCCc2cccc(F)c2)c(C(Nc2ccc(C(=N)N)cc2)C(=O)O)c1. The highest BCUT2D eigenvalue weighted by atomic mass is 19.1. The quantitative estimate of drug-likeness (QED) is 0.276. The van der Waals surface area contributed by atoms with Crippen LogP contribution in [0.4, 0.5) is 10.1 Å². The molecule has 0 spiro atoms. The van der Waals surface area contributed by atoms with Gasteiger partial charge in [0.15, 0.2) is 6.04 Å². The lowest BCUT2D eigenvalue weighted by Gasteiger charge is -2.21. The van der Waals surface area contributed by atoms with E-state index in [4.69, 9.17) is 15.9 Å². The maximum absolute atomic E-state index is 13.4. The lowest BCUT2D eigenvalue weighted by Crippen LogP contribution is -2.22. The van der Waals surface area contributed by atoms with Crippen LogP contribution in [0.1, 0.15) is 35.2 Å². The molecule has 0 bridgehead atoms. The molecule has 0 fully saturated rings. The fourth-order valence-electron chi connectivity index (χ4n) is 3.33. The number of carboxylic acid groups (broad SMARTS) is 1. The molecule has 0 saturated carbocycles. The van der Waals surface area contributed by atoms with E-state index in [0.717, 1.165) is 17.5 Å². The average Bonchev–Trinajstić information content (AvgIpc) is 2.78. The number of benzene rings is 3. The van der Waals surface area contributed by atoms with E-state index in [0.29, 0.717) is 29.0 Å². The number of hydrogen-bond acceptors (Lipinski definition) is 4. The summed E-state index contributed by atoms with van der Waals surface area (Å²) in [6.07, 6.45) is 1.24. The molecule has 6 nitrogen and oxygen atoms in total. The topological polar surface area (TPSA) is 108 Å². The summed E-state index contributed by atoms with van der Waals surface area (Å²) < 4.78 is 19.3. The first-order valence-electron chi connectivity index (χ1n) is 10.3. The molecule has 0 aliphatic carbocycles. The number of halogens is 1. The number of aryl methyl sites for hydroxylation is 1. The van der Waals surface area contributed by atoms with Crippen LogP contribution in [0.3, 0.4) is 0 Å². The fraction of sp³-hybridized carbons (Fsp3) is 0.200. The maximum Gasteiger partial charge on any atom is 0.330 e. The number of anilines is 1. The first kappa shape index (κ1) is 22.8. The van der Waals surface area contributed by atoms with Gasteiger partial charge in [0.1, 0.15) is 17.4 Å². The van der Waals surface area contributed by atoms with Gasteiger partial charge in [-0.3, -0.25) is 5.41 Å². The van der Waals surface area contributed by atoms with Gasteiger partial charge in [-0.2, -0.15) is 0 Å². The van der Waals surface area contributed by atoms with Crippen molar-refractivity contribution in [2.75, 3.05) is 11.9 Å². The number of amidine groups is 1. The van der Waals surface area contributed by atoms with Crippen LogP contribution in [0.2, 0.25) is 0 Å². The number of nitrogens with one attached hydrogen (secondary N) is 2. The van der Waals surface area contributed by atoms with Crippen molar-refractivity contribution >= 4 is 17.5 Å². The Morgan fingerprint density at radius 1 is 1.12 bits per heavy atom. The third-order valence-electron chi connectivity index (χ3n) is 5.08. The van der Waals surface area contributed by atoms with Gasteiger partial charge in [0.2, 0.25) is 0 Å². The number of hydrogen-bond donors (Lipinski definition) is 4. The van der Waals surface area contributed by atoms with Crippen LogP contribution < -0.4 is 15.8 Å². The number of carbonyl (C=O) groups is 1. The fourth-order valence-corrected chi connectivity index (χ4v) is 3.33. The maximum atomic E-state index is 13.4. The van der Waals surface area contributed by atoms with Gasteiger partial charge in [-0.05, 0) is 66.1 Å². The second-order valence-corrected chi connectivity index (χ2v) is 7.36. The van der Waals surface area contributed by atoms with Crippen molar-refractivity contribution in [3.8, 4) is 5.75 Å². The van der Waals surface area contributed by atoms with E-state index < -0.39 is 12.0 Å². The standard InChI is InChI=1S/C25H26FN3O3/c1-2-16-6-11-22(32-13-12-17-4-3-5-19(26)14-17)21(15-16)23(25(30)31)29-20-9-7-18(8-10-20)24(27)28/h3-11,14-15,23,29H,2,12-13H2,1H3,(H3,27,28)(H,30,31). The Bertz CT molecular complexity index is 1100. The van der Waals surface area contributed by atoms with Crippen LogP contribution in [0.5, 0.6) is 5.75 Å². The summed E-state index contributed by atoms with van der Waals surface area (Å²) in [6.45, 7) is 2.27.